The molecule has 0 aromatic heterocycles. The maximum atomic E-state index is 13.9. The number of aromatic carboxylic acids is 1. The van der Waals surface area contributed by atoms with E-state index in [4.69, 9.17) is 0 Å². The second-order valence-corrected chi connectivity index (χ2v) is 24.6. The van der Waals surface area contributed by atoms with Crippen LogP contribution in [0.2, 0.25) is 0 Å². The number of benzene rings is 2. The molecule has 0 saturated heterocycles. The highest BCUT2D eigenvalue weighted by Gasteiger charge is 2.54. The molecule has 1 unspecified atom stereocenters. The molecule has 0 fully saturated rings. The number of nitrogens with one attached hydrogen (secondary N) is 2. The molecule has 2 aliphatic rings. The molecule has 67 heavy (non-hydrogen) atoms. The third-order valence-corrected chi connectivity index (χ3v) is 15.5. The number of amides is 2. The smallest absolute Gasteiger partial charge is 0.336 e. The van der Waals surface area contributed by atoms with Crippen LogP contribution in [0.15, 0.2) is 65.2 Å². The molecule has 0 spiro atoms. The number of carbonyl (C=O) groups excluding carboxylic acids is 2. The minimum atomic E-state index is -4.94. The Morgan fingerprint density at radius 1 is 0.612 bits per heavy atom. The highest BCUT2D eigenvalue weighted by molar-refractivity contribution is 7.86. The largest absolute Gasteiger partial charge is 0.478 e. The fourth-order valence-corrected chi connectivity index (χ4v) is 10.5. The van der Waals surface area contributed by atoms with Gasteiger partial charge in [-0.05, 0) is 55.7 Å². The molecule has 1 atom stereocenters. The zero-order valence-corrected chi connectivity index (χ0v) is 40.8. The second kappa shape index (κ2) is 19.7. The maximum absolute atomic E-state index is 13.9. The van der Waals surface area contributed by atoms with Crippen molar-refractivity contribution in [3.05, 3.63) is 88.2 Å². The Balaban J connectivity index is 1.88. The average molecular weight is 1040 g/mol. The van der Waals surface area contributed by atoms with Crippen LogP contribution in [0, 0.1) is 0 Å². The number of allylic oxidation sites excluding steroid dienone is 5. The van der Waals surface area contributed by atoms with E-state index in [9.17, 15) is 84.3 Å². The van der Waals surface area contributed by atoms with Gasteiger partial charge < -0.3 is 25.5 Å². The van der Waals surface area contributed by atoms with Crippen LogP contribution < -0.4 is 20.4 Å². The first-order valence-corrected chi connectivity index (χ1v) is 27.9. The standard InChI is InChI=1S/C39H52N4O19S5/c1-37(2)31(42(15-9-17-63(48,49)50)29-24-26(67(60,61)62)23-28(32(29)37)36(46)47)11-7-6-8-12-39(5)38(3,4)33-27(35(45)41-14-20-66(57,58)59)21-25(34(44)40-13-19-65(54,55)56)22-30(33)43(39)16-10-18-64(51,52)53/h6-8,11-12,21-24H,9-10,13-20H2,1-5H3,(H,40,44)(H,41,45)(H,46,47)(H,48,49,50)(H,51,52,53)(H,54,55,56)(H,57,58,59)(H,60,61,62)/b7-6+,12-8+,31-11+. The van der Waals surface area contributed by atoms with Crippen LogP contribution in [0.1, 0.15) is 89.7 Å². The second-order valence-electron chi connectivity index (χ2n) is 16.9. The van der Waals surface area contributed by atoms with E-state index in [1.54, 1.807) is 57.7 Å². The molecule has 2 aliphatic heterocycles. The maximum Gasteiger partial charge on any atom is 0.336 e. The number of fused-ring (bicyclic) bond motifs is 2. The van der Waals surface area contributed by atoms with Gasteiger partial charge in [0, 0.05) is 70.8 Å². The SMILES string of the molecule is CC1(C)\C(=C/C=C/C=C/C2(C)N(CCCS(=O)(=O)O)c3cc(C(=O)NCCS(=O)(=O)O)cc(C(=O)NCCS(=O)(=O)O)c3C2(C)C)N(CCCS(=O)(=O)O)c2cc(S(=O)(=O)O)cc(C(=O)O)c21. The Morgan fingerprint density at radius 2 is 1.13 bits per heavy atom. The zero-order valence-electron chi connectivity index (χ0n) is 36.7. The van der Waals surface area contributed by atoms with Gasteiger partial charge in [-0.3, -0.25) is 32.4 Å². The predicted molar refractivity (Wildman–Crippen MR) is 245 cm³/mol. The van der Waals surface area contributed by atoms with E-state index >= 15 is 0 Å². The molecular weight excluding hydrogens is 989 g/mol. The normalized spacial score (nSPS) is 19.0. The minimum absolute atomic E-state index is 0.0332. The summed E-state index contributed by atoms with van der Waals surface area (Å²) in [5.74, 6) is -6.46. The molecule has 8 N–H and O–H groups in total. The third kappa shape index (κ3) is 13.3. The van der Waals surface area contributed by atoms with Crippen molar-refractivity contribution in [2.45, 2.75) is 68.7 Å². The van der Waals surface area contributed by atoms with Crippen molar-refractivity contribution in [2.24, 2.45) is 0 Å². The summed E-state index contributed by atoms with van der Waals surface area (Å²) >= 11 is 0. The lowest BCUT2D eigenvalue weighted by molar-refractivity contribution is 0.0693. The monoisotopic (exact) mass is 1040 g/mol. The van der Waals surface area contributed by atoms with Gasteiger partial charge in [0.1, 0.15) is 0 Å². The summed E-state index contributed by atoms with van der Waals surface area (Å²) in [5.41, 5.74) is -3.47. The molecule has 28 heteroatoms. The van der Waals surface area contributed by atoms with Crippen LogP contribution in [0.3, 0.4) is 0 Å². The van der Waals surface area contributed by atoms with E-state index in [2.05, 4.69) is 10.6 Å². The Kier molecular flexibility index (Phi) is 16.1. The number of rotatable bonds is 21. The van der Waals surface area contributed by atoms with Crippen LogP contribution in [-0.4, -0.2) is 142 Å². The Bertz CT molecular complexity index is 3000. The van der Waals surface area contributed by atoms with Gasteiger partial charge in [-0.2, -0.15) is 42.1 Å². The summed E-state index contributed by atoms with van der Waals surface area (Å²) in [7, 11) is -22.9. The summed E-state index contributed by atoms with van der Waals surface area (Å²) in [6, 6.07) is 4.37. The number of carboxylic acids is 1. The van der Waals surface area contributed by atoms with Gasteiger partial charge in [-0.1, -0.05) is 52.0 Å². The Hall–Kier alpha value is -4.78. The number of nitrogens with zero attached hydrogens (tertiary/aromatic N) is 2. The summed E-state index contributed by atoms with van der Waals surface area (Å²) in [6.07, 6.45) is 7.42. The molecule has 2 aromatic carbocycles. The fraction of sp³-hybridized carbons (Fsp3) is 0.462. The zero-order chi connectivity index (χ0) is 50.9. The molecule has 4 rings (SSSR count). The minimum Gasteiger partial charge on any atom is -0.478 e. The molecule has 2 heterocycles. The average Bonchev–Trinajstić information content (AvgIpc) is 3.47. The highest BCUT2D eigenvalue weighted by Crippen LogP contribution is 2.54. The van der Waals surface area contributed by atoms with Gasteiger partial charge >= 0.3 is 5.97 Å². The highest BCUT2D eigenvalue weighted by atomic mass is 32.2. The summed E-state index contributed by atoms with van der Waals surface area (Å²) in [6.45, 7) is 6.99. The topological polar surface area (TPSA) is 374 Å². The molecule has 2 aromatic rings. The first-order chi connectivity index (χ1) is 30.4. The van der Waals surface area contributed by atoms with Crippen LogP contribution in [-0.2, 0) is 61.4 Å². The van der Waals surface area contributed by atoms with Gasteiger partial charge in [-0.25, -0.2) is 4.79 Å². The van der Waals surface area contributed by atoms with Crippen molar-refractivity contribution in [3.63, 3.8) is 0 Å². The third-order valence-electron chi connectivity index (χ3n) is 11.6. The van der Waals surface area contributed by atoms with Crippen LogP contribution >= 0.6 is 0 Å². The van der Waals surface area contributed by atoms with Gasteiger partial charge in [0.15, 0.2) is 0 Å². The number of carboxylic acid groups (broad SMARTS) is 1. The van der Waals surface area contributed by atoms with E-state index in [0.717, 1.165) is 12.1 Å². The Labute approximate surface area is 388 Å². The first kappa shape index (κ1) is 54.8. The lowest BCUT2D eigenvalue weighted by Crippen LogP contribution is -2.52. The van der Waals surface area contributed by atoms with Gasteiger partial charge in [0.2, 0.25) is 0 Å². The molecule has 0 aliphatic carbocycles. The van der Waals surface area contributed by atoms with Crippen molar-refractivity contribution < 1.29 is 84.3 Å². The van der Waals surface area contributed by atoms with Gasteiger partial charge in [0.25, 0.3) is 62.4 Å². The molecule has 2 amide bonds. The van der Waals surface area contributed by atoms with Crippen molar-refractivity contribution in [3.8, 4) is 0 Å². The van der Waals surface area contributed by atoms with Crippen LogP contribution in [0.25, 0.3) is 0 Å². The van der Waals surface area contributed by atoms with Crippen molar-refractivity contribution in [2.75, 3.05) is 59.0 Å². The number of carbonyl (C=O) groups is 3. The van der Waals surface area contributed by atoms with E-state index in [0.29, 0.717) is 5.70 Å². The molecule has 0 saturated carbocycles. The number of hydrogen-bond acceptors (Lipinski definition) is 15. The lowest BCUT2D eigenvalue weighted by atomic mass is 9.69. The summed E-state index contributed by atoms with van der Waals surface area (Å²) in [4.78, 5) is 42.2. The Morgan fingerprint density at radius 3 is 1.64 bits per heavy atom. The fourth-order valence-electron chi connectivity index (χ4n) is 8.27. The van der Waals surface area contributed by atoms with E-state index in [-0.39, 0.29) is 59.6 Å². The molecular formula is C39H52N4O19S5. The quantitative estimate of drug-likeness (QED) is 0.0655. The van der Waals surface area contributed by atoms with Crippen LogP contribution in [0.4, 0.5) is 11.4 Å². The van der Waals surface area contributed by atoms with Crippen LogP contribution in [0.5, 0.6) is 0 Å². The predicted octanol–water partition coefficient (Wildman–Crippen LogP) is 2.07. The van der Waals surface area contributed by atoms with E-state index in [1.165, 1.54) is 29.2 Å². The first-order valence-electron chi connectivity index (χ1n) is 20.0. The van der Waals surface area contributed by atoms with Crippen molar-refractivity contribution in [1.82, 2.24) is 10.6 Å². The molecule has 0 bridgehead atoms. The number of hydrogen-bond donors (Lipinski definition) is 8. The number of anilines is 2. The van der Waals surface area contributed by atoms with Gasteiger partial charge in [0.05, 0.1) is 39.0 Å². The van der Waals surface area contributed by atoms with Crippen molar-refractivity contribution >= 4 is 79.7 Å². The summed E-state index contributed by atoms with van der Waals surface area (Å²) in [5, 5.41) is 14.9. The van der Waals surface area contributed by atoms with Crippen molar-refractivity contribution in [1.29, 1.82) is 0 Å². The van der Waals surface area contributed by atoms with Gasteiger partial charge in [-0.15, -0.1) is 0 Å². The molecule has 0 radical (unpaired) electrons. The molecule has 372 valence electrons. The molecule has 23 nitrogen and oxygen atoms in total. The lowest BCUT2D eigenvalue weighted by Gasteiger charge is -2.43. The summed E-state index contributed by atoms with van der Waals surface area (Å²) < 4.78 is 164. The van der Waals surface area contributed by atoms with E-state index in [1.807, 2.05) is 0 Å². The van der Waals surface area contributed by atoms with E-state index < -0.39 is 131 Å².